The minimum absolute atomic E-state index is 0.0317. The molecule has 0 saturated heterocycles. The van der Waals surface area contributed by atoms with Crippen LogP contribution in [-0.4, -0.2) is 22.4 Å². The Morgan fingerprint density at radius 1 is 1.07 bits per heavy atom. The average Bonchev–Trinajstić information content (AvgIpc) is 3.21. The summed E-state index contributed by atoms with van der Waals surface area (Å²) >= 11 is 0. The van der Waals surface area contributed by atoms with Gasteiger partial charge in [-0.25, -0.2) is 0 Å². The van der Waals surface area contributed by atoms with E-state index in [4.69, 9.17) is 4.74 Å². The maximum atomic E-state index is 13.5. The normalized spacial score (nSPS) is 13.5. The highest BCUT2D eigenvalue weighted by Gasteiger charge is 2.28. The summed E-state index contributed by atoms with van der Waals surface area (Å²) in [6.07, 6.45) is 2.61. The number of amides is 1. The van der Waals surface area contributed by atoms with Crippen LogP contribution >= 0.6 is 0 Å². The van der Waals surface area contributed by atoms with Crippen LogP contribution in [0.25, 0.3) is 0 Å². The number of rotatable bonds is 5. The van der Waals surface area contributed by atoms with E-state index < -0.39 is 0 Å². The molecule has 0 N–H and O–H groups in total. The van der Waals surface area contributed by atoms with E-state index in [1.807, 2.05) is 59.5 Å². The molecule has 1 atom stereocenters. The van der Waals surface area contributed by atoms with Crippen molar-refractivity contribution < 1.29 is 9.53 Å². The second-order valence-corrected chi connectivity index (χ2v) is 6.73. The van der Waals surface area contributed by atoms with E-state index >= 15 is 0 Å². The van der Waals surface area contributed by atoms with Gasteiger partial charge in [-0.3, -0.25) is 9.78 Å². The van der Waals surface area contributed by atoms with Crippen molar-refractivity contribution in [2.45, 2.75) is 25.9 Å². The van der Waals surface area contributed by atoms with Gasteiger partial charge in [0, 0.05) is 12.6 Å². The first kappa shape index (κ1) is 17.3. The van der Waals surface area contributed by atoms with Crippen molar-refractivity contribution in [1.82, 2.24) is 9.88 Å². The first-order chi connectivity index (χ1) is 13.2. The van der Waals surface area contributed by atoms with Gasteiger partial charge in [-0.2, -0.15) is 0 Å². The maximum absolute atomic E-state index is 13.5. The zero-order chi connectivity index (χ0) is 18.6. The average molecular weight is 358 g/mol. The standard InChI is InChI=1S/C23H22N2O2/c1-17(18-8-3-2-4-9-18)25(16-20-11-5-6-14-24-20)23(26)21-12-7-10-19-13-15-27-22(19)21/h2-12,14,17H,13,15-16H2,1H3/t17-/m1/s1. The molecular formula is C23H22N2O2. The summed E-state index contributed by atoms with van der Waals surface area (Å²) in [6.45, 7) is 3.13. The van der Waals surface area contributed by atoms with Crippen LogP contribution in [0.5, 0.6) is 5.75 Å². The lowest BCUT2D eigenvalue weighted by Crippen LogP contribution is -2.33. The lowest BCUT2D eigenvalue weighted by atomic mass is 10.0. The molecule has 27 heavy (non-hydrogen) atoms. The Morgan fingerprint density at radius 3 is 2.67 bits per heavy atom. The number of carbonyl (C=O) groups excluding carboxylic acids is 1. The van der Waals surface area contributed by atoms with Gasteiger partial charge in [-0.05, 0) is 36.2 Å². The number of aromatic nitrogens is 1. The van der Waals surface area contributed by atoms with Crippen LogP contribution in [0, 0.1) is 0 Å². The third-order valence-corrected chi connectivity index (χ3v) is 5.01. The van der Waals surface area contributed by atoms with Gasteiger partial charge < -0.3 is 9.64 Å². The second-order valence-electron chi connectivity index (χ2n) is 6.73. The number of nitrogens with zero attached hydrogens (tertiary/aromatic N) is 2. The van der Waals surface area contributed by atoms with Gasteiger partial charge in [0.15, 0.2) is 0 Å². The summed E-state index contributed by atoms with van der Waals surface area (Å²) in [5.41, 5.74) is 3.69. The predicted octanol–water partition coefficient (Wildman–Crippen LogP) is 4.42. The SMILES string of the molecule is C[C@H](c1ccccc1)N(Cc1ccccn1)C(=O)c1cccc2c1OCC2. The summed E-state index contributed by atoms with van der Waals surface area (Å²) in [4.78, 5) is 19.8. The lowest BCUT2D eigenvalue weighted by Gasteiger charge is -2.30. The van der Waals surface area contributed by atoms with Gasteiger partial charge >= 0.3 is 0 Å². The van der Waals surface area contributed by atoms with E-state index in [0.29, 0.717) is 18.7 Å². The molecule has 4 nitrogen and oxygen atoms in total. The predicted molar refractivity (Wildman–Crippen MR) is 105 cm³/mol. The number of ether oxygens (including phenoxy) is 1. The van der Waals surface area contributed by atoms with Crippen molar-refractivity contribution in [3.8, 4) is 5.75 Å². The van der Waals surface area contributed by atoms with Crippen LogP contribution in [0.2, 0.25) is 0 Å². The molecule has 0 radical (unpaired) electrons. The number of carbonyl (C=O) groups is 1. The van der Waals surface area contributed by atoms with Gasteiger partial charge in [0.05, 0.1) is 30.5 Å². The van der Waals surface area contributed by atoms with E-state index in [0.717, 1.165) is 29.0 Å². The first-order valence-electron chi connectivity index (χ1n) is 9.24. The molecule has 3 aromatic rings. The van der Waals surface area contributed by atoms with Crippen LogP contribution in [0.3, 0.4) is 0 Å². The molecule has 1 aliphatic rings. The molecule has 1 aliphatic heterocycles. The highest BCUT2D eigenvalue weighted by Crippen LogP contribution is 2.33. The summed E-state index contributed by atoms with van der Waals surface area (Å²) in [5, 5.41) is 0. The highest BCUT2D eigenvalue weighted by molar-refractivity contribution is 5.97. The fraction of sp³-hybridized carbons (Fsp3) is 0.217. The fourth-order valence-electron chi connectivity index (χ4n) is 3.50. The van der Waals surface area contributed by atoms with Crippen LogP contribution < -0.4 is 4.74 Å². The van der Waals surface area contributed by atoms with Gasteiger partial charge in [-0.1, -0.05) is 48.5 Å². The zero-order valence-electron chi connectivity index (χ0n) is 15.3. The van der Waals surface area contributed by atoms with Gasteiger partial charge in [-0.15, -0.1) is 0 Å². The Hall–Kier alpha value is -3.14. The van der Waals surface area contributed by atoms with Crippen molar-refractivity contribution >= 4 is 5.91 Å². The molecule has 1 aromatic heterocycles. The Labute approximate surface area is 159 Å². The number of para-hydroxylation sites is 1. The Balaban J connectivity index is 1.71. The zero-order valence-corrected chi connectivity index (χ0v) is 15.3. The van der Waals surface area contributed by atoms with E-state index in [1.54, 1.807) is 6.20 Å². The van der Waals surface area contributed by atoms with Crippen molar-refractivity contribution in [3.63, 3.8) is 0 Å². The fourth-order valence-corrected chi connectivity index (χ4v) is 3.50. The number of hydrogen-bond acceptors (Lipinski definition) is 3. The number of benzene rings is 2. The van der Waals surface area contributed by atoms with Crippen molar-refractivity contribution in [1.29, 1.82) is 0 Å². The molecule has 0 aliphatic carbocycles. The Bertz CT molecular complexity index is 926. The van der Waals surface area contributed by atoms with E-state index in [2.05, 4.69) is 24.0 Å². The van der Waals surface area contributed by atoms with Gasteiger partial charge in [0.2, 0.25) is 0 Å². The van der Waals surface area contributed by atoms with Crippen molar-refractivity contribution in [3.05, 3.63) is 95.3 Å². The topological polar surface area (TPSA) is 42.4 Å². The van der Waals surface area contributed by atoms with Crippen LogP contribution in [-0.2, 0) is 13.0 Å². The summed E-state index contributed by atoms with van der Waals surface area (Å²) in [6, 6.07) is 21.6. The third-order valence-electron chi connectivity index (χ3n) is 5.01. The number of hydrogen-bond donors (Lipinski definition) is 0. The van der Waals surface area contributed by atoms with Crippen molar-refractivity contribution in [2.75, 3.05) is 6.61 Å². The molecular weight excluding hydrogens is 336 g/mol. The summed E-state index contributed by atoms with van der Waals surface area (Å²) < 4.78 is 5.77. The molecule has 0 spiro atoms. The van der Waals surface area contributed by atoms with Gasteiger partial charge in [0.25, 0.3) is 5.91 Å². The molecule has 136 valence electrons. The molecule has 1 amide bonds. The van der Waals surface area contributed by atoms with Crippen LogP contribution in [0.1, 0.15) is 40.1 Å². The first-order valence-corrected chi connectivity index (χ1v) is 9.24. The lowest BCUT2D eigenvalue weighted by molar-refractivity contribution is 0.0668. The molecule has 4 rings (SSSR count). The highest BCUT2D eigenvalue weighted by atomic mass is 16.5. The quantitative estimate of drug-likeness (QED) is 0.678. The number of fused-ring (bicyclic) bond motifs is 1. The molecule has 4 heteroatoms. The van der Waals surface area contributed by atoms with E-state index in [9.17, 15) is 4.79 Å². The van der Waals surface area contributed by atoms with Crippen LogP contribution in [0.4, 0.5) is 0 Å². The Morgan fingerprint density at radius 2 is 1.89 bits per heavy atom. The minimum Gasteiger partial charge on any atom is -0.492 e. The third kappa shape index (κ3) is 3.56. The minimum atomic E-state index is -0.0852. The molecule has 0 saturated carbocycles. The Kier molecular flexibility index (Phi) is 4.88. The maximum Gasteiger partial charge on any atom is 0.258 e. The summed E-state index contributed by atoms with van der Waals surface area (Å²) in [5.74, 6) is 0.699. The molecule has 2 heterocycles. The molecule has 0 unspecified atom stereocenters. The largest absolute Gasteiger partial charge is 0.492 e. The van der Waals surface area contributed by atoms with Crippen molar-refractivity contribution in [2.24, 2.45) is 0 Å². The smallest absolute Gasteiger partial charge is 0.258 e. The second kappa shape index (κ2) is 7.62. The van der Waals surface area contributed by atoms with E-state index in [-0.39, 0.29) is 11.9 Å². The molecule has 2 aromatic carbocycles. The number of pyridine rings is 1. The van der Waals surface area contributed by atoms with E-state index in [1.165, 1.54) is 0 Å². The molecule has 0 bridgehead atoms. The van der Waals surface area contributed by atoms with Crippen LogP contribution in [0.15, 0.2) is 72.9 Å². The monoisotopic (exact) mass is 358 g/mol. The summed E-state index contributed by atoms with van der Waals surface area (Å²) in [7, 11) is 0. The van der Waals surface area contributed by atoms with Gasteiger partial charge in [0.1, 0.15) is 5.75 Å². The molecule has 0 fully saturated rings.